The molecule has 0 bridgehead atoms. The molecule has 0 aliphatic heterocycles. The predicted octanol–water partition coefficient (Wildman–Crippen LogP) is 3.33. The summed E-state index contributed by atoms with van der Waals surface area (Å²) >= 11 is 0. The summed E-state index contributed by atoms with van der Waals surface area (Å²) in [5, 5.41) is 0. The molecule has 1 aromatic carbocycles. The summed E-state index contributed by atoms with van der Waals surface area (Å²) in [6.45, 7) is 4.53. The van der Waals surface area contributed by atoms with Gasteiger partial charge in [0.1, 0.15) is 5.82 Å². The molecule has 1 amide bonds. The third-order valence-corrected chi connectivity index (χ3v) is 8.41. The van der Waals surface area contributed by atoms with Crippen molar-refractivity contribution in [2.45, 2.75) is 69.7 Å². The summed E-state index contributed by atoms with van der Waals surface area (Å²) in [4.78, 5) is 19.5. The van der Waals surface area contributed by atoms with Crippen LogP contribution in [0.3, 0.4) is 0 Å². The Hall–Kier alpha value is -1.93. The van der Waals surface area contributed by atoms with E-state index in [1.165, 1.54) is 23.6 Å². The average molecular weight is 435 g/mol. The van der Waals surface area contributed by atoms with Gasteiger partial charge in [0.05, 0.1) is 15.9 Å². The van der Waals surface area contributed by atoms with E-state index in [0.717, 1.165) is 24.2 Å². The number of nitrogens with zero attached hydrogens (tertiary/aromatic N) is 4. The molecular weight excluding hydrogens is 400 g/mol. The van der Waals surface area contributed by atoms with Crippen LogP contribution in [0.1, 0.15) is 58.2 Å². The number of aromatic nitrogens is 2. The quantitative estimate of drug-likeness (QED) is 0.639. The first kappa shape index (κ1) is 22.7. The van der Waals surface area contributed by atoms with Gasteiger partial charge >= 0.3 is 0 Å². The lowest BCUT2D eigenvalue weighted by Crippen LogP contribution is -2.38. The van der Waals surface area contributed by atoms with Crippen molar-refractivity contribution in [2.75, 3.05) is 20.1 Å². The van der Waals surface area contributed by atoms with Crippen molar-refractivity contribution in [3.05, 3.63) is 24.0 Å². The maximum Gasteiger partial charge on any atom is 0.243 e. The molecule has 1 aromatic heterocycles. The van der Waals surface area contributed by atoms with Gasteiger partial charge in [-0.2, -0.15) is 4.31 Å². The summed E-state index contributed by atoms with van der Waals surface area (Å²) in [5.41, 5.74) is 1.52. The third-order valence-electron chi connectivity index (χ3n) is 6.37. The summed E-state index contributed by atoms with van der Waals surface area (Å²) in [6.07, 6.45) is 6.81. The molecule has 1 aliphatic carbocycles. The van der Waals surface area contributed by atoms with Gasteiger partial charge in [0, 0.05) is 46.1 Å². The first-order valence-electron chi connectivity index (χ1n) is 11.0. The van der Waals surface area contributed by atoms with Crippen LogP contribution in [0.15, 0.2) is 23.1 Å². The fourth-order valence-electron chi connectivity index (χ4n) is 4.39. The fourth-order valence-corrected chi connectivity index (χ4v) is 5.87. The highest BCUT2D eigenvalue weighted by molar-refractivity contribution is 7.89. The molecule has 166 valence electrons. The third kappa shape index (κ3) is 4.54. The highest BCUT2D eigenvalue weighted by Gasteiger charge is 2.24. The lowest BCUT2D eigenvalue weighted by atomic mass is 9.94. The number of fused-ring (bicyclic) bond motifs is 1. The Morgan fingerprint density at radius 1 is 1.17 bits per heavy atom. The Balaban J connectivity index is 1.76. The Kier molecular flexibility index (Phi) is 7.18. The van der Waals surface area contributed by atoms with Crippen molar-refractivity contribution in [3.63, 3.8) is 0 Å². The van der Waals surface area contributed by atoms with E-state index >= 15 is 0 Å². The van der Waals surface area contributed by atoms with Crippen molar-refractivity contribution < 1.29 is 13.2 Å². The molecule has 0 unspecified atom stereocenters. The molecule has 8 heteroatoms. The van der Waals surface area contributed by atoms with Crippen molar-refractivity contribution in [1.29, 1.82) is 0 Å². The first-order valence-corrected chi connectivity index (χ1v) is 12.4. The molecule has 0 saturated heterocycles. The number of carbonyl (C=O) groups is 1. The molecule has 3 rings (SSSR count). The summed E-state index contributed by atoms with van der Waals surface area (Å²) in [5.74, 6) is 0.950. The number of hydrogen-bond acceptors (Lipinski definition) is 4. The minimum atomic E-state index is -3.52. The van der Waals surface area contributed by atoms with Crippen molar-refractivity contribution in [2.24, 2.45) is 7.05 Å². The maximum absolute atomic E-state index is 12.8. The maximum atomic E-state index is 12.8. The highest BCUT2D eigenvalue weighted by atomic mass is 32.2. The van der Waals surface area contributed by atoms with Gasteiger partial charge < -0.3 is 9.47 Å². The molecule has 1 saturated carbocycles. The van der Waals surface area contributed by atoms with E-state index in [-0.39, 0.29) is 10.8 Å². The lowest BCUT2D eigenvalue weighted by molar-refractivity contribution is -0.132. The summed E-state index contributed by atoms with van der Waals surface area (Å²) < 4.78 is 29.0. The van der Waals surface area contributed by atoms with E-state index in [0.29, 0.717) is 37.5 Å². The molecule has 0 atom stereocenters. The Bertz CT molecular complexity index is 989. The molecule has 1 aliphatic rings. The van der Waals surface area contributed by atoms with Crippen LogP contribution in [0, 0.1) is 0 Å². The second kappa shape index (κ2) is 9.47. The van der Waals surface area contributed by atoms with Crippen LogP contribution >= 0.6 is 0 Å². The van der Waals surface area contributed by atoms with Crippen LogP contribution in [-0.2, 0) is 28.3 Å². The number of rotatable bonds is 8. The zero-order valence-corrected chi connectivity index (χ0v) is 19.4. The zero-order chi connectivity index (χ0) is 21.9. The van der Waals surface area contributed by atoms with Gasteiger partial charge in [-0.3, -0.25) is 4.79 Å². The van der Waals surface area contributed by atoms with E-state index < -0.39 is 10.0 Å². The molecule has 2 aromatic rings. The minimum Gasteiger partial charge on any atom is -0.343 e. The monoisotopic (exact) mass is 434 g/mol. The number of benzene rings is 1. The van der Waals surface area contributed by atoms with Gasteiger partial charge in [0.25, 0.3) is 0 Å². The number of aryl methyl sites for hydroxylation is 2. The van der Waals surface area contributed by atoms with Crippen LogP contribution in [0.25, 0.3) is 11.0 Å². The second-order valence-corrected chi connectivity index (χ2v) is 10.1. The van der Waals surface area contributed by atoms with E-state index in [4.69, 9.17) is 0 Å². The molecule has 30 heavy (non-hydrogen) atoms. The molecule has 7 nitrogen and oxygen atoms in total. The average Bonchev–Trinajstić information content (AvgIpc) is 3.07. The summed E-state index contributed by atoms with van der Waals surface area (Å²) in [7, 11) is 0.307. The van der Waals surface area contributed by atoms with Crippen molar-refractivity contribution in [1.82, 2.24) is 18.8 Å². The number of sulfonamides is 1. The number of hydrogen-bond donors (Lipinski definition) is 0. The Morgan fingerprint density at radius 3 is 2.47 bits per heavy atom. The van der Waals surface area contributed by atoms with Gasteiger partial charge in [-0.1, -0.05) is 33.1 Å². The SMILES string of the molecule is CCN(CC)S(=O)(=O)c1ccc2c(c1)nc(CCC(=O)N(C)C1CCCCC1)n2C. The normalized spacial score (nSPS) is 15.8. The fraction of sp³-hybridized carbons (Fsp3) is 0.636. The van der Waals surface area contributed by atoms with Gasteiger partial charge in [0.2, 0.25) is 15.9 Å². The van der Waals surface area contributed by atoms with E-state index in [9.17, 15) is 13.2 Å². The van der Waals surface area contributed by atoms with Crippen LogP contribution in [0.4, 0.5) is 0 Å². The summed E-state index contributed by atoms with van der Waals surface area (Å²) in [6, 6.07) is 5.45. The standard InChI is InChI=1S/C22H34N4O3S/c1-5-26(6-2)30(28,29)18-12-13-20-19(16-18)23-21(25(20)4)14-15-22(27)24(3)17-10-8-7-9-11-17/h12-13,16-17H,5-11,14-15H2,1-4H3. The molecule has 0 spiro atoms. The Labute approximate surface area is 180 Å². The van der Waals surface area contributed by atoms with Crippen LogP contribution < -0.4 is 0 Å². The Morgan fingerprint density at radius 2 is 1.83 bits per heavy atom. The predicted molar refractivity (Wildman–Crippen MR) is 119 cm³/mol. The topological polar surface area (TPSA) is 75.5 Å². The largest absolute Gasteiger partial charge is 0.343 e. The molecule has 0 N–H and O–H groups in total. The number of imidazole rings is 1. The van der Waals surface area contributed by atoms with Crippen LogP contribution in [-0.4, -0.2) is 59.3 Å². The highest BCUT2D eigenvalue weighted by Crippen LogP contribution is 2.24. The number of carbonyl (C=O) groups excluding carboxylic acids is 1. The molecule has 1 fully saturated rings. The van der Waals surface area contributed by atoms with Crippen LogP contribution in [0.2, 0.25) is 0 Å². The van der Waals surface area contributed by atoms with E-state index in [1.54, 1.807) is 18.2 Å². The second-order valence-electron chi connectivity index (χ2n) is 8.12. The number of amides is 1. The van der Waals surface area contributed by atoms with Gasteiger partial charge in [-0.05, 0) is 31.0 Å². The van der Waals surface area contributed by atoms with Gasteiger partial charge in [-0.15, -0.1) is 0 Å². The van der Waals surface area contributed by atoms with Crippen molar-refractivity contribution >= 4 is 27.0 Å². The van der Waals surface area contributed by atoms with Crippen LogP contribution in [0.5, 0.6) is 0 Å². The van der Waals surface area contributed by atoms with E-state index in [1.807, 2.05) is 37.4 Å². The first-order chi connectivity index (χ1) is 14.3. The smallest absolute Gasteiger partial charge is 0.243 e. The van der Waals surface area contributed by atoms with E-state index in [2.05, 4.69) is 4.98 Å². The lowest BCUT2D eigenvalue weighted by Gasteiger charge is -2.31. The van der Waals surface area contributed by atoms with Gasteiger partial charge in [0.15, 0.2) is 0 Å². The zero-order valence-electron chi connectivity index (χ0n) is 18.6. The molecule has 1 heterocycles. The van der Waals surface area contributed by atoms with Gasteiger partial charge in [-0.25, -0.2) is 13.4 Å². The molecule has 0 radical (unpaired) electrons. The van der Waals surface area contributed by atoms with Crippen molar-refractivity contribution in [3.8, 4) is 0 Å². The molecular formula is C22H34N4O3S. The minimum absolute atomic E-state index is 0.152.